The van der Waals surface area contributed by atoms with Gasteiger partial charge in [-0.25, -0.2) is 4.98 Å². The van der Waals surface area contributed by atoms with E-state index in [0.29, 0.717) is 16.6 Å². The minimum atomic E-state index is -0.460. The summed E-state index contributed by atoms with van der Waals surface area (Å²) in [7, 11) is 0. The number of rotatable bonds is 7. The molecule has 1 N–H and O–H groups in total. The van der Waals surface area contributed by atoms with Gasteiger partial charge in [0, 0.05) is 29.2 Å². The summed E-state index contributed by atoms with van der Waals surface area (Å²) in [6, 6.07) is 14.3. The molecule has 29 heavy (non-hydrogen) atoms. The van der Waals surface area contributed by atoms with Crippen LogP contribution < -0.4 is 5.32 Å². The third-order valence-corrected chi connectivity index (χ3v) is 4.92. The van der Waals surface area contributed by atoms with Crippen molar-refractivity contribution in [1.29, 1.82) is 0 Å². The lowest BCUT2D eigenvalue weighted by Crippen LogP contribution is -2.07. The molecule has 0 aliphatic heterocycles. The molecule has 1 heterocycles. The maximum atomic E-state index is 12.1. The second-order valence-corrected chi connectivity index (χ2v) is 7.86. The van der Waals surface area contributed by atoms with Crippen molar-refractivity contribution in [2.75, 3.05) is 5.32 Å². The molecule has 0 saturated carbocycles. The number of hydrogen-bond donors (Lipinski definition) is 1. The van der Waals surface area contributed by atoms with Crippen LogP contribution in [0.4, 0.5) is 10.8 Å². The predicted molar refractivity (Wildman–Crippen MR) is 117 cm³/mol. The number of thiazole rings is 1. The molecular formula is C22H21N3O3S. The number of amides is 1. The molecule has 0 fully saturated rings. The number of non-ortho nitro benzene ring substituents is 1. The Bertz CT molecular complexity index is 1020. The molecule has 0 bridgehead atoms. The number of nitro groups is 1. The summed E-state index contributed by atoms with van der Waals surface area (Å²) >= 11 is 1.36. The molecule has 0 atom stereocenters. The molecule has 3 aromatic rings. The van der Waals surface area contributed by atoms with E-state index in [9.17, 15) is 14.9 Å². The van der Waals surface area contributed by atoms with Crippen molar-refractivity contribution in [2.45, 2.75) is 20.3 Å². The van der Waals surface area contributed by atoms with E-state index in [1.807, 2.05) is 17.5 Å². The number of anilines is 1. The zero-order valence-corrected chi connectivity index (χ0v) is 17.0. The van der Waals surface area contributed by atoms with Crippen LogP contribution in [0.1, 0.15) is 25.0 Å². The standard InChI is InChI=1S/C22H21N3O3S/c1-15(2)13-17-3-8-18(9-4-17)20-14-29-22(23-20)24-21(26)12-7-16-5-10-19(11-6-16)25(27)28/h3-12,14-15H,13H2,1-2H3,(H,23,24,26)/b12-7+. The topological polar surface area (TPSA) is 85.1 Å². The molecule has 0 saturated heterocycles. The van der Waals surface area contributed by atoms with Gasteiger partial charge in [0.1, 0.15) is 0 Å². The highest BCUT2D eigenvalue weighted by atomic mass is 32.1. The van der Waals surface area contributed by atoms with Crippen LogP contribution in [-0.4, -0.2) is 15.8 Å². The first-order valence-corrected chi connectivity index (χ1v) is 10.1. The summed E-state index contributed by atoms with van der Waals surface area (Å²) in [6.07, 6.45) is 4.02. The molecule has 1 amide bonds. The van der Waals surface area contributed by atoms with Crippen molar-refractivity contribution in [3.05, 3.63) is 81.2 Å². The maximum absolute atomic E-state index is 12.1. The van der Waals surface area contributed by atoms with E-state index in [1.165, 1.54) is 35.1 Å². The van der Waals surface area contributed by atoms with Gasteiger partial charge in [-0.15, -0.1) is 11.3 Å². The van der Waals surface area contributed by atoms with Crippen molar-refractivity contribution in [3.8, 4) is 11.3 Å². The van der Waals surface area contributed by atoms with Gasteiger partial charge in [-0.1, -0.05) is 38.1 Å². The summed E-state index contributed by atoms with van der Waals surface area (Å²) in [4.78, 5) is 26.8. The van der Waals surface area contributed by atoms with E-state index in [1.54, 1.807) is 18.2 Å². The average Bonchev–Trinajstić information content (AvgIpc) is 3.15. The highest BCUT2D eigenvalue weighted by Gasteiger charge is 2.07. The van der Waals surface area contributed by atoms with Crippen LogP contribution in [0.25, 0.3) is 17.3 Å². The summed E-state index contributed by atoms with van der Waals surface area (Å²) in [5.41, 5.74) is 3.84. The van der Waals surface area contributed by atoms with Gasteiger partial charge >= 0.3 is 0 Å². The molecule has 2 aromatic carbocycles. The molecule has 0 aliphatic carbocycles. The number of nitrogens with zero attached hydrogens (tertiary/aromatic N) is 2. The third kappa shape index (κ3) is 5.83. The van der Waals surface area contributed by atoms with Crippen LogP contribution in [0.3, 0.4) is 0 Å². The molecule has 0 radical (unpaired) electrons. The number of nitro benzene ring substituents is 1. The SMILES string of the molecule is CC(C)Cc1ccc(-c2csc(NC(=O)/C=C/c3ccc([N+](=O)[O-])cc3)n2)cc1. The molecule has 7 heteroatoms. The fraction of sp³-hybridized carbons (Fsp3) is 0.182. The van der Waals surface area contributed by atoms with Gasteiger partial charge in [0.05, 0.1) is 10.6 Å². The monoisotopic (exact) mass is 407 g/mol. The van der Waals surface area contributed by atoms with Crippen molar-refractivity contribution >= 4 is 34.1 Å². The fourth-order valence-electron chi connectivity index (χ4n) is 2.77. The molecule has 3 rings (SSSR count). The Hall–Kier alpha value is -3.32. The Morgan fingerprint density at radius 3 is 2.48 bits per heavy atom. The maximum Gasteiger partial charge on any atom is 0.269 e. The Balaban J connectivity index is 1.60. The molecule has 0 unspecified atom stereocenters. The Morgan fingerprint density at radius 2 is 1.86 bits per heavy atom. The third-order valence-electron chi connectivity index (χ3n) is 4.16. The first-order chi connectivity index (χ1) is 13.9. The van der Waals surface area contributed by atoms with Crippen LogP contribution in [0.2, 0.25) is 0 Å². The zero-order valence-electron chi connectivity index (χ0n) is 16.2. The number of nitrogens with one attached hydrogen (secondary N) is 1. The summed E-state index contributed by atoms with van der Waals surface area (Å²) in [6.45, 7) is 4.39. The molecule has 6 nitrogen and oxygen atoms in total. The smallest absolute Gasteiger partial charge is 0.269 e. The van der Waals surface area contributed by atoms with E-state index < -0.39 is 4.92 Å². The highest BCUT2D eigenvalue weighted by Crippen LogP contribution is 2.25. The average molecular weight is 407 g/mol. The number of carbonyl (C=O) groups excluding carboxylic acids is 1. The number of benzene rings is 2. The minimum Gasteiger partial charge on any atom is -0.298 e. The predicted octanol–water partition coefficient (Wildman–Crippen LogP) is 5.57. The van der Waals surface area contributed by atoms with Gasteiger partial charge in [-0.3, -0.25) is 20.2 Å². The summed E-state index contributed by atoms with van der Waals surface area (Å²) in [5, 5.41) is 15.8. The molecule has 148 valence electrons. The minimum absolute atomic E-state index is 0.0131. The van der Waals surface area contributed by atoms with Crippen LogP contribution in [-0.2, 0) is 11.2 Å². The van der Waals surface area contributed by atoms with Gasteiger partial charge in [-0.2, -0.15) is 0 Å². The zero-order chi connectivity index (χ0) is 20.8. The van der Waals surface area contributed by atoms with E-state index in [-0.39, 0.29) is 11.6 Å². The van der Waals surface area contributed by atoms with Gasteiger partial charge in [0.25, 0.3) is 5.69 Å². The van der Waals surface area contributed by atoms with Crippen LogP contribution in [0.5, 0.6) is 0 Å². The van der Waals surface area contributed by atoms with E-state index in [4.69, 9.17) is 0 Å². The van der Waals surface area contributed by atoms with Crippen LogP contribution in [0.15, 0.2) is 60.0 Å². The van der Waals surface area contributed by atoms with E-state index >= 15 is 0 Å². The lowest BCUT2D eigenvalue weighted by atomic mass is 10.0. The number of aromatic nitrogens is 1. The van der Waals surface area contributed by atoms with Gasteiger partial charge in [0.15, 0.2) is 5.13 Å². The number of carbonyl (C=O) groups is 1. The van der Waals surface area contributed by atoms with Crippen molar-refractivity contribution in [1.82, 2.24) is 4.98 Å². The lowest BCUT2D eigenvalue weighted by molar-refractivity contribution is -0.384. The second-order valence-electron chi connectivity index (χ2n) is 7.00. The molecular weight excluding hydrogens is 386 g/mol. The fourth-order valence-corrected chi connectivity index (χ4v) is 3.50. The van der Waals surface area contributed by atoms with Gasteiger partial charge < -0.3 is 0 Å². The first-order valence-electron chi connectivity index (χ1n) is 9.19. The lowest BCUT2D eigenvalue weighted by Gasteiger charge is -2.05. The van der Waals surface area contributed by atoms with Crippen molar-refractivity contribution < 1.29 is 9.72 Å². The highest BCUT2D eigenvalue weighted by molar-refractivity contribution is 7.14. The molecule has 0 spiro atoms. The van der Waals surface area contributed by atoms with E-state index in [2.05, 4.69) is 36.3 Å². The van der Waals surface area contributed by atoms with Crippen LogP contribution >= 0.6 is 11.3 Å². The Labute approximate surface area is 173 Å². The number of hydrogen-bond acceptors (Lipinski definition) is 5. The molecule has 0 aliphatic rings. The second kappa shape index (κ2) is 9.25. The summed E-state index contributed by atoms with van der Waals surface area (Å²) in [5.74, 6) is 0.303. The quantitative estimate of drug-likeness (QED) is 0.315. The van der Waals surface area contributed by atoms with Gasteiger partial charge in [-0.05, 0) is 41.7 Å². The largest absolute Gasteiger partial charge is 0.298 e. The normalized spacial score (nSPS) is 11.1. The summed E-state index contributed by atoms with van der Waals surface area (Å²) < 4.78 is 0. The van der Waals surface area contributed by atoms with Crippen molar-refractivity contribution in [2.24, 2.45) is 5.92 Å². The Morgan fingerprint density at radius 1 is 1.17 bits per heavy atom. The Kier molecular flexibility index (Phi) is 6.51. The van der Waals surface area contributed by atoms with Crippen LogP contribution in [0, 0.1) is 16.0 Å². The van der Waals surface area contributed by atoms with Crippen molar-refractivity contribution in [3.63, 3.8) is 0 Å². The first kappa shape index (κ1) is 20.4. The molecule has 1 aromatic heterocycles. The van der Waals surface area contributed by atoms with Gasteiger partial charge in [0.2, 0.25) is 5.91 Å². The van der Waals surface area contributed by atoms with E-state index in [0.717, 1.165) is 17.7 Å².